The number of nitrogens with one attached hydrogen (secondary N) is 2. The van der Waals surface area contributed by atoms with Crippen LogP contribution in [0.4, 0.5) is 11.4 Å². The van der Waals surface area contributed by atoms with Crippen LogP contribution < -0.4 is 20.7 Å². The molecule has 31 heavy (non-hydrogen) atoms. The molecule has 1 saturated carbocycles. The van der Waals surface area contributed by atoms with Crippen LogP contribution in [-0.4, -0.2) is 52.4 Å². The summed E-state index contributed by atoms with van der Waals surface area (Å²) in [5, 5.41) is 7.98. The van der Waals surface area contributed by atoms with E-state index in [1.54, 1.807) is 12.4 Å². The first kappa shape index (κ1) is 22.0. The molecule has 0 radical (unpaired) electrons. The van der Waals surface area contributed by atoms with E-state index in [4.69, 9.17) is 0 Å². The number of hydrazone groups is 2. The predicted octanol–water partition coefficient (Wildman–Crippen LogP) is 2.06. The minimum atomic E-state index is -0.372. The molecule has 8 nitrogen and oxygen atoms in total. The van der Waals surface area contributed by atoms with Crippen molar-refractivity contribution in [1.82, 2.24) is 10.9 Å². The van der Waals surface area contributed by atoms with Crippen molar-refractivity contribution in [3.8, 4) is 0 Å². The highest BCUT2D eigenvalue weighted by molar-refractivity contribution is 5.93. The molecule has 0 bridgehead atoms. The van der Waals surface area contributed by atoms with Gasteiger partial charge in [0.25, 0.3) is 0 Å². The van der Waals surface area contributed by atoms with Crippen LogP contribution in [0.15, 0.2) is 58.7 Å². The lowest BCUT2D eigenvalue weighted by atomic mass is 10.2. The van der Waals surface area contributed by atoms with Crippen molar-refractivity contribution in [2.75, 3.05) is 38.0 Å². The van der Waals surface area contributed by atoms with Gasteiger partial charge in [-0.05, 0) is 41.8 Å². The van der Waals surface area contributed by atoms with E-state index in [9.17, 15) is 9.59 Å². The number of amides is 2. The maximum atomic E-state index is 12.2. The number of benzene rings is 2. The summed E-state index contributed by atoms with van der Waals surface area (Å²) in [7, 11) is 7.89. The number of carbonyl (C=O) groups is 2. The minimum absolute atomic E-state index is 0.260. The van der Waals surface area contributed by atoms with Gasteiger partial charge in [0.2, 0.25) is 11.8 Å². The molecule has 0 aromatic heterocycles. The second kappa shape index (κ2) is 9.88. The van der Waals surface area contributed by atoms with E-state index in [1.165, 1.54) is 0 Å². The topological polar surface area (TPSA) is 89.4 Å². The summed E-state index contributed by atoms with van der Waals surface area (Å²) in [6.07, 6.45) is 3.67. The Morgan fingerprint density at radius 1 is 0.742 bits per heavy atom. The van der Waals surface area contributed by atoms with Crippen molar-refractivity contribution in [2.45, 2.75) is 6.42 Å². The first-order valence-electron chi connectivity index (χ1n) is 10.1. The van der Waals surface area contributed by atoms with Gasteiger partial charge in [0.1, 0.15) is 0 Å². The summed E-state index contributed by atoms with van der Waals surface area (Å²) in [4.78, 5) is 28.4. The van der Waals surface area contributed by atoms with Crippen molar-refractivity contribution in [2.24, 2.45) is 22.0 Å². The lowest BCUT2D eigenvalue weighted by Gasteiger charge is -2.11. The molecule has 2 aromatic rings. The molecule has 0 saturated heterocycles. The van der Waals surface area contributed by atoms with Crippen LogP contribution in [0.3, 0.4) is 0 Å². The van der Waals surface area contributed by atoms with Gasteiger partial charge in [-0.15, -0.1) is 0 Å². The van der Waals surface area contributed by atoms with Crippen LogP contribution in [0.2, 0.25) is 0 Å². The van der Waals surface area contributed by atoms with Gasteiger partial charge in [-0.25, -0.2) is 10.9 Å². The SMILES string of the molecule is CN(C)c1ccc(C=NNC(=O)C2CC2C(=O)NN=Cc2ccc(N(C)C)cc2)cc1. The summed E-state index contributed by atoms with van der Waals surface area (Å²) in [5.41, 5.74) is 8.94. The summed E-state index contributed by atoms with van der Waals surface area (Å²) >= 11 is 0. The fourth-order valence-corrected chi connectivity index (χ4v) is 3.00. The molecule has 1 aliphatic rings. The third-order valence-electron chi connectivity index (χ3n) is 5.06. The molecule has 0 heterocycles. The van der Waals surface area contributed by atoms with Crippen molar-refractivity contribution >= 4 is 35.6 Å². The maximum absolute atomic E-state index is 12.2. The first-order chi connectivity index (χ1) is 14.8. The highest BCUT2D eigenvalue weighted by Crippen LogP contribution is 2.38. The first-order valence-corrected chi connectivity index (χ1v) is 10.1. The van der Waals surface area contributed by atoms with Gasteiger partial charge in [-0.1, -0.05) is 24.3 Å². The third kappa shape index (κ3) is 6.15. The number of anilines is 2. The molecule has 0 aliphatic heterocycles. The fourth-order valence-electron chi connectivity index (χ4n) is 3.00. The van der Waals surface area contributed by atoms with Crippen LogP contribution >= 0.6 is 0 Å². The van der Waals surface area contributed by atoms with Gasteiger partial charge in [0.05, 0.1) is 24.3 Å². The zero-order valence-corrected chi connectivity index (χ0v) is 18.2. The number of hydrogen-bond acceptors (Lipinski definition) is 6. The minimum Gasteiger partial charge on any atom is -0.378 e. The summed E-state index contributed by atoms with van der Waals surface area (Å²) in [6, 6.07) is 15.6. The van der Waals surface area contributed by atoms with Crippen LogP contribution in [-0.2, 0) is 9.59 Å². The molecule has 0 spiro atoms. The maximum Gasteiger partial charge on any atom is 0.244 e. The Balaban J connectivity index is 1.42. The average Bonchev–Trinajstić information content (AvgIpc) is 3.55. The third-order valence-corrected chi connectivity index (χ3v) is 5.06. The lowest BCUT2D eigenvalue weighted by molar-refractivity contribution is -0.127. The number of nitrogens with zero attached hydrogens (tertiary/aromatic N) is 4. The summed E-state index contributed by atoms with van der Waals surface area (Å²) in [6.45, 7) is 0. The second-order valence-corrected chi connectivity index (χ2v) is 7.89. The zero-order valence-electron chi connectivity index (χ0n) is 18.2. The van der Waals surface area contributed by atoms with Crippen molar-refractivity contribution in [3.05, 3.63) is 59.7 Å². The average molecular weight is 421 g/mol. The summed E-state index contributed by atoms with van der Waals surface area (Å²) in [5.74, 6) is -1.26. The number of carbonyl (C=O) groups excluding carboxylic acids is 2. The van der Waals surface area contributed by atoms with Gasteiger partial charge in [-0.3, -0.25) is 9.59 Å². The predicted molar refractivity (Wildman–Crippen MR) is 125 cm³/mol. The van der Waals surface area contributed by atoms with E-state index in [0.29, 0.717) is 6.42 Å². The van der Waals surface area contributed by atoms with E-state index in [1.807, 2.05) is 86.5 Å². The van der Waals surface area contributed by atoms with Gasteiger partial charge in [-0.2, -0.15) is 10.2 Å². The van der Waals surface area contributed by atoms with Gasteiger partial charge in [0, 0.05) is 39.6 Å². The second-order valence-electron chi connectivity index (χ2n) is 7.89. The summed E-state index contributed by atoms with van der Waals surface area (Å²) < 4.78 is 0. The molecule has 162 valence electrons. The molecular formula is C23H28N6O2. The van der Waals surface area contributed by atoms with Crippen molar-refractivity contribution in [3.63, 3.8) is 0 Å². The molecule has 2 amide bonds. The molecule has 2 N–H and O–H groups in total. The van der Waals surface area contributed by atoms with Gasteiger partial charge >= 0.3 is 0 Å². The monoisotopic (exact) mass is 420 g/mol. The van der Waals surface area contributed by atoms with E-state index < -0.39 is 0 Å². The molecule has 2 unspecified atom stereocenters. The van der Waals surface area contributed by atoms with Crippen LogP contribution in [0.25, 0.3) is 0 Å². The van der Waals surface area contributed by atoms with Crippen molar-refractivity contribution < 1.29 is 9.59 Å². The van der Waals surface area contributed by atoms with E-state index >= 15 is 0 Å². The Morgan fingerprint density at radius 2 is 1.10 bits per heavy atom. The standard InChI is InChI=1S/C23H28N6O2/c1-28(2)18-9-5-16(6-10-18)14-24-26-22(30)20-13-21(20)23(31)27-25-15-17-7-11-19(12-8-17)29(3)4/h5-12,14-15,20-21H,13H2,1-4H3,(H,26,30)(H,27,31). The molecule has 1 fully saturated rings. The molecule has 8 heteroatoms. The van der Waals surface area contributed by atoms with E-state index in [-0.39, 0.29) is 23.7 Å². The van der Waals surface area contributed by atoms with Crippen LogP contribution in [0.5, 0.6) is 0 Å². The van der Waals surface area contributed by atoms with Crippen LogP contribution in [0.1, 0.15) is 17.5 Å². The smallest absolute Gasteiger partial charge is 0.244 e. The van der Waals surface area contributed by atoms with Crippen molar-refractivity contribution in [1.29, 1.82) is 0 Å². The van der Waals surface area contributed by atoms with E-state index in [2.05, 4.69) is 21.1 Å². The Labute approximate surface area is 182 Å². The lowest BCUT2D eigenvalue weighted by Crippen LogP contribution is -2.25. The molecule has 3 rings (SSSR count). The van der Waals surface area contributed by atoms with Gasteiger partial charge < -0.3 is 9.80 Å². The molecular weight excluding hydrogens is 392 g/mol. The number of rotatable bonds is 8. The molecule has 2 atom stereocenters. The molecule has 2 aromatic carbocycles. The normalized spacial score (nSPS) is 17.5. The highest BCUT2D eigenvalue weighted by atomic mass is 16.2. The number of hydrogen-bond donors (Lipinski definition) is 2. The Kier molecular flexibility index (Phi) is 7.02. The Hall–Kier alpha value is -3.68. The Morgan fingerprint density at radius 3 is 1.42 bits per heavy atom. The fraction of sp³-hybridized carbons (Fsp3) is 0.304. The van der Waals surface area contributed by atoms with Gasteiger partial charge in [0.15, 0.2) is 0 Å². The Bertz CT molecular complexity index is 885. The molecule has 1 aliphatic carbocycles. The van der Waals surface area contributed by atoms with E-state index in [0.717, 1.165) is 22.5 Å². The zero-order chi connectivity index (χ0) is 22.4. The van der Waals surface area contributed by atoms with Crippen LogP contribution in [0, 0.1) is 11.8 Å². The largest absolute Gasteiger partial charge is 0.378 e. The highest BCUT2D eigenvalue weighted by Gasteiger charge is 2.48. The quantitative estimate of drug-likeness (QED) is 0.505.